The number of nitrogens with two attached hydrogens (primary N) is 1. The van der Waals surface area contributed by atoms with Gasteiger partial charge in [-0.25, -0.2) is 0 Å². The van der Waals surface area contributed by atoms with Crippen molar-refractivity contribution >= 4 is 21.6 Å². The molecule has 0 heterocycles. The summed E-state index contributed by atoms with van der Waals surface area (Å²) in [6.07, 6.45) is 0. The Kier molecular flexibility index (Phi) is 5.18. The van der Waals surface area contributed by atoms with Crippen LogP contribution in [0.25, 0.3) is 0 Å². The summed E-state index contributed by atoms with van der Waals surface area (Å²) in [7, 11) is 4.70. The van der Waals surface area contributed by atoms with Gasteiger partial charge in [-0.3, -0.25) is 0 Å². The Morgan fingerprint density at radius 2 is 1.55 bits per heavy atom. The van der Waals surface area contributed by atoms with Crippen LogP contribution in [0.2, 0.25) is 0 Å². The zero-order valence-corrected chi connectivity index (χ0v) is 14.2. The number of rotatable bonds is 3. The fraction of sp³-hybridized carbons (Fsp3) is 0.176. The molecule has 0 fully saturated rings. The molecule has 2 aromatic rings. The highest BCUT2D eigenvalue weighted by Crippen LogP contribution is 2.37. The predicted octanol–water partition coefficient (Wildman–Crippen LogP) is 3.46. The molecule has 0 spiro atoms. The van der Waals surface area contributed by atoms with Crippen molar-refractivity contribution in [2.24, 2.45) is 0 Å². The second kappa shape index (κ2) is 7.10. The number of ether oxygens (including phenoxy) is 3. The van der Waals surface area contributed by atoms with Gasteiger partial charge in [0, 0.05) is 21.3 Å². The number of benzene rings is 2. The normalized spacial score (nSPS) is 9.64. The molecule has 0 aliphatic heterocycles. The highest BCUT2D eigenvalue weighted by atomic mass is 79.9. The van der Waals surface area contributed by atoms with E-state index in [1.807, 2.05) is 18.2 Å². The second-order valence-corrected chi connectivity index (χ2v) is 5.31. The molecule has 0 unspecified atom stereocenters. The molecule has 0 atom stereocenters. The van der Waals surface area contributed by atoms with Crippen molar-refractivity contribution in [3.8, 4) is 29.1 Å². The van der Waals surface area contributed by atoms with Crippen LogP contribution in [-0.4, -0.2) is 21.3 Å². The van der Waals surface area contributed by atoms with E-state index in [4.69, 9.17) is 19.9 Å². The molecule has 0 aliphatic rings. The van der Waals surface area contributed by atoms with E-state index in [0.29, 0.717) is 22.9 Å². The third-order valence-corrected chi connectivity index (χ3v) is 3.51. The Bertz CT molecular complexity index is 722. The standard InChI is InChI=1S/C17H16BrNO3/c1-20-15-8-11(9-16(21-2)17(15)22-3)4-5-12-10-13(18)6-7-14(12)19/h6-10H,19H2,1-3H3. The lowest BCUT2D eigenvalue weighted by Gasteiger charge is -2.12. The minimum atomic E-state index is 0.539. The highest BCUT2D eigenvalue weighted by molar-refractivity contribution is 9.10. The van der Waals surface area contributed by atoms with Gasteiger partial charge in [0.25, 0.3) is 0 Å². The molecule has 0 saturated heterocycles. The van der Waals surface area contributed by atoms with E-state index in [0.717, 1.165) is 15.6 Å². The summed E-state index contributed by atoms with van der Waals surface area (Å²) in [5.41, 5.74) is 8.04. The van der Waals surface area contributed by atoms with Crippen LogP contribution >= 0.6 is 15.9 Å². The van der Waals surface area contributed by atoms with E-state index in [1.54, 1.807) is 33.5 Å². The molecule has 0 aromatic heterocycles. The molecule has 4 nitrogen and oxygen atoms in total. The number of nitrogen functional groups attached to an aromatic ring is 1. The van der Waals surface area contributed by atoms with Gasteiger partial charge >= 0.3 is 0 Å². The summed E-state index contributed by atoms with van der Waals surface area (Å²) in [5, 5.41) is 0. The third-order valence-electron chi connectivity index (χ3n) is 3.02. The molecule has 0 radical (unpaired) electrons. The molecule has 114 valence electrons. The van der Waals surface area contributed by atoms with Crippen molar-refractivity contribution in [2.45, 2.75) is 0 Å². The van der Waals surface area contributed by atoms with E-state index in [1.165, 1.54) is 0 Å². The SMILES string of the molecule is COc1cc(C#Cc2cc(Br)ccc2N)cc(OC)c1OC. The van der Waals surface area contributed by atoms with Crippen molar-refractivity contribution in [3.63, 3.8) is 0 Å². The molecular formula is C17H16BrNO3. The van der Waals surface area contributed by atoms with Crippen LogP contribution in [0.4, 0.5) is 5.69 Å². The van der Waals surface area contributed by atoms with Crippen molar-refractivity contribution in [2.75, 3.05) is 27.1 Å². The van der Waals surface area contributed by atoms with Crippen LogP contribution in [0.1, 0.15) is 11.1 Å². The molecule has 0 bridgehead atoms. The molecular weight excluding hydrogens is 346 g/mol. The summed E-state index contributed by atoms with van der Waals surface area (Å²) in [6, 6.07) is 9.15. The zero-order chi connectivity index (χ0) is 16.1. The number of anilines is 1. The van der Waals surface area contributed by atoms with E-state index < -0.39 is 0 Å². The molecule has 5 heteroatoms. The fourth-order valence-electron chi connectivity index (χ4n) is 1.93. The zero-order valence-electron chi connectivity index (χ0n) is 12.6. The Morgan fingerprint density at radius 3 is 2.09 bits per heavy atom. The van der Waals surface area contributed by atoms with Crippen LogP contribution in [0.3, 0.4) is 0 Å². The maximum Gasteiger partial charge on any atom is 0.203 e. The van der Waals surface area contributed by atoms with E-state index in [2.05, 4.69) is 27.8 Å². The lowest BCUT2D eigenvalue weighted by Crippen LogP contribution is -1.96. The van der Waals surface area contributed by atoms with Crippen LogP contribution in [0.5, 0.6) is 17.2 Å². The minimum absolute atomic E-state index is 0.539. The number of halogens is 1. The lowest BCUT2D eigenvalue weighted by atomic mass is 10.1. The number of hydrogen-bond acceptors (Lipinski definition) is 4. The lowest BCUT2D eigenvalue weighted by molar-refractivity contribution is 0.324. The van der Waals surface area contributed by atoms with Crippen molar-refractivity contribution in [3.05, 3.63) is 45.9 Å². The quantitative estimate of drug-likeness (QED) is 0.671. The second-order valence-electron chi connectivity index (χ2n) is 4.40. The molecule has 0 amide bonds. The molecule has 22 heavy (non-hydrogen) atoms. The van der Waals surface area contributed by atoms with Gasteiger partial charge < -0.3 is 19.9 Å². The Labute approximate surface area is 138 Å². The number of methoxy groups -OCH3 is 3. The number of hydrogen-bond donors (Lipinski definition) is 1. The van der Waals surface area contributed by atoms with Gasteiger partial charge in [-0.1, -0.05) is 27.8 Å². The smallest absolute Gasteiger partial charge is 0.203 e. The molecule has 0 aliphatic carbocycles. The first-order valence-corrected chi connectivity index (χ1v) is 7.25. The monoisotopic (exact) mass is 361 g/mol. The highest BCUT2D eigenvalue weighted by Gasteiger charge is 2.12. The van der Waals surface area contributed by atoms with Gasteiger partial charge in [-0.15, -0.1) is 0 Å². The van der Waals surface area contributed by atoms with Gasteiger partial charge in [-0.2, -0.15) is 0 Å². The third kappa shape index (κ3) is 3.46. The van der Waals surface area contributed by atoms with Gasteiger partial charge in [0.2, 0.25) is 5.75 Å². The van der Waals surface area contributed by atoms with Gasteiger partial charge in [0.05, 0.1) is 21.3 Å². The summed E-state index contributed by atoms with van der Waals surface area (Å²) in [4.78, 5) is 0. The van der Waals surface area contributed by atoms with Crippen LogP contribution in [0.15, 0.2) is 34.8 Å². The molecule has 0 saturated carbocycles. The average Bonchev–Trinajstić information content (AvgIpc) is 2.54. The first-order chi connectivity index (χ1) is 10.6. The average molecular weight is 362 g/mol. The van der Waals surface area contributed by atoms with E-state index in [-0.39, 0.29) is 0 Å². The fourth-order valence-corrected chi connectivity index (χ4v) is 2.29. The maximum absolute atomic E-state index is 5.92. The van der Waals surface area contributed by atoms with Crippen LogP contribution in [0, 0.1) is 11.8 Å². The first-order valence-electron chi connectivity index (χ1n) is 6.46. The van der Waals surface area contributed by atoms with Crippen LogP contribution < -0.4 is 19.9 Å². The summed E-state index contributed by atoms with van der Waals surface area (Å²) >= 11 is 3.41. The van der Waals surface area contributed by atoms with Gasteiger partial charge in [-0.05, 0) is 30.3 Å². The largest absolute Gasteiger partial charge is 0.493 e. The van der Waals surface area contributed by atoms with Crippen molar-refractivity contribution in [1.82, 2.24) is 0 Å². The minimum Gasteiger partial charge on any atom is -0.493 e. The predicted molar refractivity (Wildman–Crippen MR) is 90.6 cm³/mol. The Morgan fingerprint density at radius 1 is 0.909 bits per heavy atom. The van der Waals surface area contributed by atoms with Crippen molar-refractivity contribution in [1.29, 1.82) is 0 Å². The Hall–Kier alpha value is -2.32. The first kappa shape index (κ1) is 16.1. The molecule has 2 rings (SSSR count). The van der Waals surface area contributed by atoms with Gasteiger partial charge in [0.15, 0.2) is 11.5 Å². The molecule has 2 aromatic carbocycles. The topological polar surface area (TPSA) is 53.7 Å². The van der Waals surface area contributed by atoms with Crippen LogP contribution in [-0.2, 0) is 0 Å². The summed E-state index contributed by atoms with van der Waals surface area (Å²) in [6.45, 7) is 0. The molecule has 2 N–H and O–H groups in total. The van der Waals surface area contributed by atoms with E-state index >= 15 is 0 Å². The summed E-state index contributed by atoms with van der Waals surface area (Å²) in [5.74, 6) is 7.78. The summed E-state index contributed by atoms with van der Waals surface area (Å²) < 4.78 is 16.8. The van der Waals surface area contributed by atoms with E-state index in [9.17, 15) is 0 Å². The van der Waals surface area contributed by atoms with Crippen molar-refractivity contribution < 1.29 is 14.2 Å². The Balaban J connectivity index is 2.46. The van der Waals surface area contributed by atoms with Gasteiger partial charge in [0.1, 0.15) is 0 Å². The maximum atomic E-state index is 5.92.